The quantitative estimate of drug-likeness (QED) is 0.916. The van der Waals surface area contributed by atoms with E-state index in [0.29, 0.717) is 18.4 Å². The third-order valence-electron chi connectivity index (χ3n) is 5.00. The average molecular weight is 322 g/mol. The smallest absolute Gasteiger partial charge is 0.253 e. The molecule has 1 heterocycles. The van der Waals surface area contributed by atoms with E-state index in [9.17, 15) is 4.79 Å². The Kier molecular flexibility index (Phi) is 5.31. The Morgan fingerprint density at radius 3 is 2.42 bits per heavy atom. The molecule has 0 radical (unpaired) electrons. The molecular weight excluding hydrogens is 296 g/mol. The van der Waals surface area contributed by atoms with E-state index in [1.54, 1.807) is 0 Å². The molecule has 0 aromatic heterocycles. The van der Waals surface area contributed by atoms with Gasteiger partial charge in [-0.25, -0.2) is 0 Å². The van der Waals surface area contributed by atoms with Crippen molar-refractivity contribution in [2.75, 3.05) is 19.6 Å². The van der Waals surface area contributed by atoms with Gasteiger partial charge in [-0.05, 0) is 42.1 Å². The van der Waals surface area contributed by atoms with Gasteiger partial charge in [0.25, 0.3) is 5.91 Å². The molecule has 1 aliphatic rings. The summed E-state index contributed by atoms with van der Waals surface area (Å²) >= 11 is 0. The van der Waals surface area contributed by atoms with Crippen molar-refractivity contribution in [3.05, 3.63) is 71.3 Å². The van der Waals surface area contributed by atoms with Crippen LogP contribution in [0.3, 0.4) is 0 Å². The van der Waals surface area contributed by atoms with E-state index in [4.69, 9.17) is 5.73 Å². The first kappa shape index (κ1) is 16.7. The van der Waals surface area contributed by atoms with E-state index < -0.39 is 0 Å². The van der Waals surface area contributed by atoms with Crippen molar-refractivity contribution in [2.45, 2.75) is 25.7 Å². The second-order valence-electron chi connectivity index (χ2n) is 6.67. The SMILES string of the molecule is CCCc1ccc(C(=O)N2C[C@@H](CN)[C@H](c3ccccc3)C2)cc1. The van der Waals surface area contributed by atoms with Gasteiger partial charge in [-0.1, -0.05) is 55.8 Å². The molecule has 24 heavy (non-hydrogen) atoms. The van der Waals surface area contributed by atoms with Crippen LogP contribution in [0.5, 0.6) is 0 Å². The molecule has 3 rings (SSSR count). The van der Waals surface area contributed by atoms with Crippen LogP contribution in [0.4, 0.5) is 0 Å². The van der Waals surface area contributed by atoms with Gasteiger partial charge in [-0.15, -0.1) is 0 Å². The van der Waals surface area contributed by atoms with Crippen molar-refractivity contribution in [1.29, 1.82) is 0 Å². The van der Waals surface area contributed by atoms with E-state index in [-0.39, 0.29) is 5.91 Å². The number of amides is 1. The maximum Gasteiger partial charge on any atom is 0.253 e. The van der Waals surface area contributed by atoms with Gasteiger partial charge < -0.3 is 10.6 Å². The fourth-order valence-corrected chi connectivity index (χ4v) is 3.64. The molecule has 2 aromatic rings. The minimum atomic E-state index is 0.120. The van der Waals surface area contributed by atoms with Crippen molar-refractivity contribution in [3.63, 3.8) is 0 Å². The van der Waals surface area contributed by atoms with Crippen LogP contribution >= 0.6 is 0 Å². The van der Waals surface area contributed by atoms with Gasteiger partial charge in [0.15, 0.2) is 0 Å². The summed E-state index contributed by atoms with van der Waals surface area (Å²) in [6.07, 6.45) is 2.18. The number of aryl methyl sites for hydroxylation is 1. The number of carbonyl (C=O) groups is 1. The van der Waals surface area contributed by atoms with Gasteiger partial charge >= 0.3 is 0 Å². The maximum absolute atomic E-state index is 12.8. The minimum absolute atomic E-state index is 0.120. The van der Waals surface area contributed by atoms with Gasteiger partial charge in [0, 0.05) is 24.6 Å². The van der Waals surface area contributed by atoms with Gasteiger partial charge in [0.1, 0.15) is 0 Å². The van der Waals surface area contributed by atoms with Crippen LogP contribution in [-0.2, 0) is 6.42 Å². The predicted octanol–water partition coefficient (Wildman–Crippen LogP) is 3.45. The van der Waals surface area contributed by atoms with E-state index in [1.807, 2.05) is 23.1 Å². The van der Waals surface area contributed by atoms with Crippen molar-refractivity contribution in [1.82, 2.24) is 4.90 Å². The van der Waals surface area contributed by atoms with Crippen LogP contribution in [0.25, 0.3) is 0 Å². The molecule has 1 saturated heterocycles. The molecule has 3 heteroatoms. The molecule has 2 aromatic carbocycles. The molecule has 0 bridgehead atoms. The second-order valence-corrected chi connectivity index (χ2v) is 6.67. The molecule has 0 aliphatic carbocycles. The van der Waals surface area contributed by atoms with Crippen LogP contribution in [0.1, 0.15) is 40.7 Å². The van der Waals surface area contributed by atoms with Crippen molar-refractivity contribution in [2.24, 2.45) is 11.7 Å². The zero-order chi connectivity index (χ0) is 16.9. The molecular formula is C21H26N2O. The second kappa shape index (κ2) is 7.63. The largest absolute Gasteiger partial charge is 0.338 e. The van der Waals surface area contributed by atoms with Gasteiger partial charge in [-0.3, -0.25) is 4.79 Å². The summed E-state index contributed by atoms with van der Waals surface area (Å²) in [6, 6.07) is 18.5. The molecule has 0 saturated carbocycles. The summed E-state index contributed by atoms with van der Waals surface area (Å²) in [5, 5.41) is 0. The summed E-state index contributed by atoms with van der Waals surface area (Å²) in [4.78, 5) is 14.8. The number of rotatable bonds is 5. The number of benzene rings is 2. The summed E-state index contributed by atoms with van der Waals surface area (Å²) in [5.41, 5.74) is 9.32. The first-order chi connectivity index (χ1) is 11.7. The Bertz CT molecular complexity index is 666. The van der Waals surface area contributed by atoms with Crippen molar-refractivity contribution < 1.29 is 4.79 Å². The van der Waals surface area contributed by atoms with E-state index >= 15 is 0 Å². The molecule has 1 fully saturated rings. The number of likely N-dealkylation sites (tertiary alicyclic amines) is 1. The predicted molar refractivity (Wildman–Crippen MR) is 98.1 cm³/mol. The highest BCUT2D eigenvalue weighted by atomic mass is 16.2. The lowest BCUT2D eigenvalue weighted by Crippen LogP contribution is -2.29. The average Bonchev–Trinajstić information content (AvgIpc) is 3.07. The first-order valence-corrected chi connectivity index (χ1v) is 8.86. The Labute approximate surface area is 144 Å². The lowest BCUT2D eigenvalue weighted by atomic mass is 9.89. The van der Waals surface area contributed by atoms with E-state index in [0.717, 1.165) is 31.5 Å². The zero-order valence-corrected chi connectivity index (χ0v) is 14.3. The molecule has 3 nitrogen and oxygen atoms in total. The molecule has 0 spiro atoms. The number of nitrogens with zero attached hydrogens (tertiary/aromatic N) is 1. The normalized spacial score (nSPS) is 20.3. The molecule has 1 amide bonds. The molecule has 126 valence electrons. The summed E-state index contributed by atoms with van der Waals surface area (Å²) in [7, 11) is 0. The fourth-order valence-electron chi connectivity index (χ4n) is 3.64. The zero-order valence-electron chi connectivity index (χ0n) is 14.3. The van der Waals surface area contributed by atoms with Crippen LogP contribution in [0.2, 0.25) is 0 Å². The van der Waals surface area contributed by atoms with Crippen LogP contribution in [0, 0.1) is 5.92 Å². The molecule has 0 unspecified atom stereocenters. The number of carbonyl (C=O) groups excluding carboxylic acids is 1. The topological polar surface area (TPSA) is 46.3 Å². The number of nitrogens with two attached hydrogens (primary N) is 1. The molecule has 2 atom stereocenters. The number of hydrogen-bond donors (Lipinski definition) is 1. The Morgan fingerprint density at radius 1 is 1.08 bits per heavy atom. The highest BCUT2D eigenvalue weighted by Gasteiger charge is 2.35. The van der Waals surface area contributed by atoms with Crippen molar-refractivity contribution in [3.8, 4) is 0 Å². The van der Waals surface area contributed by atoms with E-state index in [1.165, 1.54) is 11.1 Å². The van der Waals surface area contributed by atoms with Gasteiger partial charge in [-0.2, -0.15) is 0 Å². The fraction of sp³-hybridized carbons (Fsp3) is 0.381. The Balaban J connectivity index is 1.74. The summed E-state index contributed by atoms with van der Waals surface area (Å²) in [6.45, 7) is 4.27. The standard InChI is InChI=1S/C21H26N2O/c1-2-6-16-9-11-18(12-10-16)21(24)23-14-19(13-22)20(15-23)17-7-4-3-5-8-17/h3-5,7-12,19-20H,2,6,13-15,22H2,1H3/t19-,20+/m1/s1. The monoisotopic (exact) mass is 322 g/mol. The molecule has 2 N–H and O–H groups in total. The first-order valence-electron chi connectivity index (χ1n) is 8.86. The van der Waals surface area contributed by atoms with Gasteiger partial charge in [0.2, 0.25) is 0 Å². The minimum Gasteiger partial charge on any atom is -0.338 e. The molecule has 1 aliphatic heterocycles. The summed E-state index contributed by atoms with van der Waals surface area (Å²) in [5.74, 6) is 0.783. The van der Waals surface area contributed by atoms with Crippen LogP contribution in [-0.4, -0.2) is 30.4 Å². The Hall–Kier alpha value is -2.13. The van der Waals surface area contributed by atoms with E-state index in [2.05, 4.69) is 43.3 Å². The van der Waals surface area contributed by atoms with Crippen LogP contribution in [0.15, 0.2) is 54.6 Å². The third-order valence-corrected chi connectivity index (χ3v) is 5.00. The van der Waals surface area contributed by atoms with Crippen molar-refractivity contribution >= 4 is 5.91 Å². The summed E-state index contributed by atoms with van der Waals surface area (Å²) < 4.78 is 0. The lowest BCUT2D eigenvalue weighted by Gasteiger charge is -2.17. The Morgan fingerprint density at radius 2 is 1.79 bits per heavy atom. The lowest BCUT2D eigenvalue weighted by molar-refractivity contribution is 0.0786. The van der Waals surface area contributed by atoms with Gasteiger partial charge in [0.05, 0.1) is 0 Å². The highest BCUT2D eigenvalue weighted by Crippen LogP contribution is 2.32. The number of hydrogen-bond acceptors (Lipinski definition) is 2. The third kappa shape index (κ3) is 3.51. The maximum atomic E-state index is 12.8. The van der Waals surface area contributed by atoms with Crippen LogP contribution < -0.4 is 5.73 Å². The highest BCUT2D eigenvalue weighted by molar-refractivity contribution is 5.94.